The molecule has 1 fully saturated rings. The number of H-pyrrole nitrogens is 1. The van der Waals surface area contributed by atoms with E-state index in [4.69, 9.17) is 12.2 Å². The zero-order valence-corrected chi connectivity index (χ0v) is 19.3. The quantitative estimate of drug-likeness (QED) is 0.527. The number of aromatic nitrogens is 3. The Hall–Kier alpha value is -2.91. The summed E-state index contributed by atoms with van der Waals surface area (Å²) in [5.41, 5.74) is 1.85. The molecule has 1 saturated heterocycles. The molecule has 1 aromatic heterocycles. The van der Waals surface area contributed by atoms with Gasteiger partial charge >= 0.3 is 0 Å². The molecule has 33 heavy (non-hydrogen) atoms. The van der Waals surface area contributed by atoms with Crippen molar-refractivity contribution >= 4 is 18.1 Å². The number of amides is 1. The van der Waals surface area contributed by atoms with Crippen molar-refractivity contribution < 1.29 is 13.6 Å². The molecule has 0 saturated carbocycles. The van der Waals surface area contributed by atoms with Crippen LogP contribution >= 0.6 is 12.2 Å². The SMILES string of the molecule is CCCc1n[nH]c(=S)n1CC(=O)N1CCN(C(c2ccc(F)cc2)c2ccc(F)cc2)CC1. The monoisotopic (exact) mass is 471 g/mol. The van der Waals surface area contributed by atoms with E-state index in [1.165, 1.54) is 24.3 Å². The molecular formula is C24H27F2N5OS. The van der Waals surface area contributed by atoms with E-state index in [0.29, 0.717) is 31.0 Å². The summed E-state index contributed by atoms with van der Waals surface area (Å²) in [5.74, 6) is 0.200. The van der Waals surface area contributed by atoms with Crippen LogP contribution in [0.3, 0.4) is 0 Å². The molecule has 2 aromatic carbocycles. The molecule has 2 heterocycles. The lowest BCUT2D eigenvalue weighted by Crippen LogP contribution is -2.50. The van der Waals surface area contributed by atoms with Gasteiger partial charge in [-0.25, -0.2) is 8.78 Å². The molecule has 9 heteroatoms. The molecule has 0 unspecified atom stereocenters. The van der Waals surface area contributed by atoms with E-state index >= 15 is 0 Å². The molecule has 1 amide bonds. The highest BCUT2D eigenvalue weighted by atomic mass is 32.1. The van der Waals surface area contributed by atoms with Crippen LogP contribution in [-0.4, -0.2) is 56.7 Å². The third kappa shape index (κ3) is 5.36. The number of nitrogens with zero attached hydrogens (tertiary/aromatic N) is 4. The van der Waals surface area contributed by atoms with Crippen LogP contribution in [0.1, 0.15) is 36.3 Å². The summed E-state index contributed by atoms with van der Waals surface area (Å²) in [5, 5.41) is 7.01. The number of carbonyl (C=O) groups excluding carboxylic acids is 1. The summed E-state index contributed by atoms with van der Waals surface area (Å²) in [6, 6.07) is 12.6. The Balaban J connectivity index is 1.48. The molecule has 0 spiro atoms. The predicted molar refractivity (Wildman–Crippen MR) is 124 cm³/mol. The van der Waals surface area contributed by atoms with Gasteiger partial charge in [-0.3, -0.25) is 19.4 Å². The summed E-state index contributed by atoms with van der Waals surface area (Å²) in [6.45, 7) is 4.64. The first kappa shape index (κ1) is 23.3. The van der Waals surface area contributed by atoms with E-state index in [9.17, 15) is 13.6 Å². The highest BCUT2D eigenvalue weighted by molar-refractivity contribution is 7.71. The smallest absolute Gasteiger partial charge is 0.242 e. The van der Waals surface area contributed by atoms with E-state index in [1.807, 2.05) is 4.90 Å². The number of aryl methyl sites for hydroxylation is 1. The highest BCUT2D eigenvalue weighted by Crippen LogP contribution is 2.30. The maximum atomic E-state index is 13.5. The third-order valence-electron chi connectivity index (χ3n) is 6.01. The van der Waals surface area contributed by atoms with Gasteiger partial charge in [-0.2, -0.15) is 5.10 Å². The molecule has 0 radical (unpaired) electrons. The number of rotatable bonds is 7. The number of hydrogen-bond donors (Lipinski definition) is 1. The van der Waals surface area contributed by atoms with Crippen molar-refractivity contribution in [1.82, 2.24) is 24.6 Å². The maximum absolute atomic E-state index is 13.5. The second-order valence-electron chi connectivity index (χ2n) is 8.20. The van der Waals surface area contributed by atoms with Gasteiger partial charge in [0.05, 0.1) is 6.04 Å². The molecule has 0 bridgehead atoms. The van der Waals surface area contributed by atoms with E-state index in [2.05, 4.69) is 22.0 Å². The van der Waals surface area contributed by atoms with Crippen molar-refractivity contribution in [3.63, 3.8) is 0 Å². The summed E-state index contributed by atoms with van der Waals surface area (Å²) in [6.07, 6.45) is 1.67. The molecule has 1 N–H and O–H groups in total. The van der Waals surface area contributed by atoms with E-state index < -0.39 is 0 Å². The number of nitrogens with one attached hydrogen (secondary N) is 1. The highest BCUT2D eigenvalue weighted by Gasteiger charge is 2.28. The van der Waals surface area contributed by atoms with E-state index in [-0.39, 0.29) is 30.1 Å². The van der Waals surface area contributed by atoms with Gasteiger partial charge in [-0.05, 0) is 54.0 Å². The van der Waals surface area contributed by atoms with Gasteiger partial charge in [-0.1, -0.05) is 31.2 Å². The average Bonchev–Trinajstić information content (AvgIpc) is 3.16. The summed E-state index contributed by atoms with van der Waals surface area (Å²) in [4.78, 5) is 17.1. The van der Waals surface area contributed by atoms with E-state index in [0.717, 1.165) is 29.8 Å². The lowest BCUT2D eigenvalue weighted by Gasteiger charge is -2.40. The Morgan fingerprint density at radius 3 is 2.06 bits per heavy atom. The lowest BCUT2D eigenvalue weighted by atomic mass is 9.96. The zero-order chi connectivity index (χ0) is 23.4. The zero-order valence-electron chi connectivity index (χ0n) is 18.5. The first-order valence-electron chi connectivity index (χ1n) is 11.1. The van der Waals surface area contributed by atoms with Crippen LogP contribution in [0.2, 0.25) is 0 Å². The largest absolute Gasteiger partial charge is 0.339 e. The summed E-state index contributed by atoms with van der Waals surface area (Å²) in [7, 11) is 0. The molecule has 6 nitrogen and oxygen atoms in total. The molecule has 174 valence electrons. The fourth-order valence-corrected chi connectivity index (χ4v) is 4.51. The molecule has 0 aliphatic carbocycles. The molecule has 3 aromatic rings. The summed E-state index contributed by atoms with van der Waals surface area (Å²) >= 11 is 5.30. The molecule has 1 aliphatic rings. The van der Waals surface area contributed by atoms with Crippen molar-refractivity contribution in [2.75, 3.05) is 26.2 Å². The Bertz CT molecular complexity index is 1090. The standard InChI is InChI=1S/C24H27F2N5OS/c1-2-3-21-27-28-24(33)31(21)16-22(32)29-12-14-30(15-13-29)23(17-4-8-19(25)9-5-17)18-6-10-20(26)11-7-18/h4-11,23H,2-3,12-16H2,1H3,(H,28,33). The number of benzene rings is 2. The average molecular weight is 472 g/mol. The van der Waals surface area contributed by atoms with E-state index in [1.54, 1.807) is 28.8 Å². The second-order valence-corrected chi connectivity index (χ2v) is 8.59. The number of halogens is 2. The fourth-order valence-electron chi connectivity index (χ4n) is 4.30. The van der Waals surface area contributed by atoms with Crippen LogP contribution in [0.4, 0.5) is 8.78 Å². The first-order chi connectivity index (χ1) is 16.0. The van der Waals surface area contributed by atoms with Gasteiger partial charge in [0.15, 0.2) is 4.77 Å². The minimum absolute atomic E-state index is 0.00428. The molecule has 4 rings (SSSR count). The lowest BCUT2D eigenvalue weighted by molar-refractivity contribution is -0.133. The number of aromatic amines is 1. The molecular weight excluding hydrogens is 444 g/mol. The third-order valence-corrected chi connectivity index (χ3v) is 6.32. The van der Waals surface area contributed by atoms with Crippen molar-refractivity contribution in [3.8, 4) is 0 Å². The van der Waals surface area contributed by atoms with Gasteiger partial charge in [0, 0.05) is 32.6 Å². The van der Waals surface area contributed by atoms with Crippen LogP contribution in [0.25, 0.3) is 0 Å². The molecule has 1 aliphatic heterocycles. The normalized spacial score (nSPS) is 14.7. The van der Waals surface area contributed by atoms with Crippen LogP contribution < -0.4 is 0 Å². The van der Waals surface area contributed by atoms with Crippen molar-refractivity contribution in [1.29, 1.82) is 0 Å². The summed E-state index contributed by atoms with van der Waals surface area (Å²) < 4.78 is 29.3. The van der Waals surface area contributed by atoms with Gasteiger partial charge < -0.3 is 4.90 Å². The minimum Gasteiger partial charge on any atom is -0.339 e. The van der Waals surface area contributed by atoms with Gasteiger partial charge in [0.1, 0.15) is 24.0 Å². The van der Waals surface area contributed by atoms with Crippen LogP contribution in [0, 0.1) is 16.4 Å². The van der Waals surface area contributed by atoms with Crippen LogP contribution in [0.5, 0.6) is 0 Å². The van der Waals surface area contributed by atoms with Crippen molar-refractivity contribution in [3.05, 3.63) is 81.9 Å². The number of hydrogen-bond acceptors (Lipinski definition) is 4. The topological polar surface area (TPSA) is 57.2 Å². The van der Waals surface area contributed by atoms with Gasteiger partial charge in [0.25, 0.3) is 0 Å². The second kappa shape index (κ2) is 10.4. The Morgan fingerprint density at radius 2 is 1.55 bits per heavy atom. The number of carbonyl (C=O) groups is 1. The van der Waals surface area contributed by atoms with Crippen molar-refractivity contribution in [2.24, 2.45) is 0 Å². The predicted octanol–water partition coefficient (Wildman–Crippen LogP) is 4.11. The fraction of sp³-hybridized carbons (Fsp3) is 0.375. The maximum Gasteiger partial charge on any atom is 0.242 e. The Labute approximate surface area is 196 Å². The Morgan fingerprint density at radius 1 is 1.00 bits per heavy atom. The Kier molecular flexibility index (Phi) is 7.29. The number of piperazine rings is 1. The van der Waals surface area contributed by atoms with Gasteiger partial charge in [0.2, 0.25) is 5.91 Å². The van der Waals surface area contributed by atoms with Crippen LogP contribution in [0.15, 0.2) is 48.5 Å². The van der Waals surface area contributed by atoms with Gasteiger partial charge in [-0.15, -0.1) is 0 Å². The minimum atomic E-state index is -0.299. The molecule has 0 atom stereocenters. The van der Waals surface area contributed by atoms with Crippen LogP contribution in [-0.2, 0) is 17.8 Å². The first-order valence-corrected chi connectivity index (χ1v) is 11.5. The van der Waals surface area contributed by atoms with Crippen molar-refractivity contribution in [2.45, 2.75) is 32.4 Å².